The molecule has 0 aromatic carbocycles. The minimum Gasteiger partial charge on any atom is -0.345 e. The van der Waals surface area contributed by atoms with Crippen LogP contribution in [-0.4, -0.2) is 33.3 Å². The van der Waals surface area contributed by atoms with E-state index in [0.29, 0.717) is 30.6 Å². The third-order valence-electron chi connectivity index (χ3n) is 2.28. The van der Waals surface area contributed by atoms with Crippen LogP contribution >= 0.6 is 0 Å². The van der Waals surface area contributed by atoms with Crippen molar-refractivity contribution in [3.8, 4) is 11.5 Å². The summed E-state index contributed by atoms with van der Waals surface area (Å²) < 4.78 is 15.9. The average molecular weight is 264 g/mol. The molecule has 0 fully saturated rings. The van der Waals surface area contributed by atoms with E-state index in [1.807, 2.05) is 13.8 Å². The van der Waals surface area contributed by atoms with Gasteiger partial charge in [-0.05, 0) is 26.8 Å². The molecule has 0 radical (unpaired) electrons. The van der Waals surface area contributed by atoms with Gasteiger partial charge in [-0.2, -0.15) is 4.98 Å². The zero-order chi connectivity index (χ0) is 13.7. The van der Waals surface area contributed by atoms with E-state index in [1.54, 1.807) is 19.2 Å². The van der Waals surface area contributed by atoms with E-state index >= 15 is 0 Å². The van der Waals surface area contributed by atoms with Gasteiger partial charge in [0.05, 0.1) is 0 Å². The van der Waals surface area contributed by atoms with Gasteiger partial charge in [-0.25, -0.2) is 9.97 Å². The first kappa shape index (κ1) is 13.6. The fourth-order valence-electron chi connectivity index (χ4n) is 1.51. The Morgan fingerprint density at radius 2 is 1.95 bits per heavy atom. The van der Waals surface area contributed by atoms with Crippen LogP contribution in [-0.2, 0) is 9.47 Å². The van der Waals surface area contributed by atoms with Gasteiger partial charge in [-0.3, -0.25) is 0 Å². The number of aromatic nitrogens is 4. The summed E-state index contributed by atoms with van der Waals surface area (Å²) in [6.07, 6.45) is 1.01. The zero-order valence-corrected chi connectivity index (χ0v) is 11.2. The standard InChI is InChI=1S/C12H16N4O3/c1-4-17-12(18-5-2)11-15-10(16-19-11)9-6-7-13-8(3)14-9/h6-7,12H,4-5H2,1-3H3. The molecule has 2 heterocycles. The van der Waals surface area contributed by atoms with E-state index in [-0.39, 0.29) is 5.89 Å². The smallest absolute Gasteiger partial charge is 0.284 e. The molecule has 7 heteroatoms. The molecule has 0 aliphatic rings. The van der Waals surface area contributed by atoms with Gasteiger partial charge in [0.15, 0.2) is 0 Å². The van der Waals surface area contributed by atoms with Crippen molar-refractivity contribution in [2.75, 3.05) is 13.2 Å². The predicted molar refractivity (Wildman–Crippen MR) is 66.1 cm³/mol. The Kier molecular flexibility index (Phi) is 4.53. The van der Waals surface area contributed by atoms with Crippen LogP contribution in [0.25, 0.3) is 11.5 Å². The first-order valence-corrected chi connectivity index (χ1v) is 6.11. The summed E-state index contributed by atoms with van der Waals surface area (Å²) in [7, 11) is 0. The van der Waals surface area contributed by atoms with Crippen LogP contribution in [0.2, 0.25) is 0 Å². The highest BCUT2D eigenvalue weighted by molar-refractivity contribution is 5.46. The molecule has 2 rings (SSSR count). The van der Waals surface area contributed by atoms with Crippen LogP contribution in [0, 0.1) is 6.92 Å². The largest absolute Gasteiger partial charge is 0.345 e. The van der Waals surface area contributed by atoms with Crippen molar-refractivity contribution >= 4 is 0 Å². The van der Waals surface area contributed by atoms with Crippen molar-refractivity contribution in [2.24, 2.45) is 0 Å². The minimum atomic E-state index is -0.640. The summed E-state index contributed by atoms with van der Waals surface area (Å²) in [5.74, 6) is 1.33. The van der Waals surface area contributed by atoms with Gasteiger partial charge >= 0.3 is 0 Å². The second-order valence-corrected chi connectivity index (χ2v) is 3.69. The number of nitrogens with zero attached hydrogens (tertiary/aromatic N) is 4. The Balaban J connectivity index is 2.22. The van der Waals surface area contributed by atoms with Crippen molar-refractivity contribution in [3.63, 3.8) is 0 Å². The molecule has 7 nitrogen and oxygen atoms in total. The number of aryl methyl sites for hydroxylation is 1. The lowest BCUT2D eigenvalue weighted by Crippen LogP contribution is -2.09. The fourth-order valence-corrected chi connectivity index (χ4v) is 1.51. The number of ether oxygens (including phenoxy) is 2. The monoisotopic (exact) mass is 264 g/mol. The van der Waals surface area contributed by atoms with Gasteiger partial charge in [-0.1, -0.05) is 5.16 Å². The van der Waals surface area contributed by atoms with Gasteiger partial charge in [-0.15, -0.1) is 0 Å². The topological polar surface area (TPSA) is 83.2 Å². The fraction of sp³-hybridized carbons (Fsp3) is 0.500. The number of hydrogen-bond acceptors (Lipinski definition) is 7. The van der Waals surface area contributed by atoms with Crippen molar-refractivity contribution in [2.45, 2.75) is 27.1 Å². The summed E-state index contributed by atoms with van der Waals surface area (Å²) in [4.78, 5) is 12.5. The van der Waals surface area contributed by atoms with Gasteiger partial charge in [0.25, 0.3) is 5.89 Å². The quantitative estimate of drug-likeness (QED) is 0.737. The van der Waals surface area contributed by atoms with Crippen LogP contribution in [0.4, 0.5) is 0 Å². The lowest BCUT2D eigenvalue weighted by atomic mass is 10.4. The van der Waals surface area contributed by atoms with E-state index < -0.39 is 6.29 Å². The maximum atomic E-state index is 5.39. The molecule has 0 aliphatic carbocycles. The third kappa shape index (κ3) is 3.33. The lowest BCUT2D eigenvalue weighted by molar-refractivity contribution is -0.155. The first-order chi connectivity index (χ1) is 9.24. The molecule has 0 atom stereocenters. The summed E-state index contributed by atoms with van der Waals surface area (Å²) in [6, 6.07) is 1.72. The summed E-state index contributed by atoms with van der Waals surface area (Å²) >= 11 is 0. The number of hydrogen-bond donors (Lipinski definition) is 0. The molecule has 0 bridgehead atoms. The molecule has 0 N–H and O–H groups in total. The Hall–Kier alpha value is -1.86. The Labute approximate surface area is 111 Å². The molecule has 0 unspecified atom stereocenters. The van der Waals surface area contributed by atoms with Crippen LogP contribution in [0.15, 0.2) is 16.8 Å². The van der Waals surface area contributed by atoms with Gasteiger partial charge in [0.2, 0.25) is 12.1 Å². The molecule has 102 valence electrons. The second-order valence-electron chi connectivity index (χ2n) is 3.69. The maximum absolute atomic E-state index is 5.39. The van der Waals surface area contributed by atoms with Crippen LogP contribution < -0.4 is 0 Å². The van der Waals surface area contributed by atoms with E-state index in [4.69, 9.17) is 14.0 Å². The van der Waals surface area contributed by atoms with Crippen molar-refractivity contribution in [1.29, 1.82) is 0 Å². The normalized spacial score (nSPS) is 11.2. The predicted octanol–water partition coefficient (Wildman–Crippen LogP) is 1.91. The van der Waals surface area contributed by atoms with Gasteiger partial charge < -0.3 is 14.0 Å². The highest BCUT2D eigenvalue weighted by atomic mass is 16.7. The molecule has 0 amide bonds. The number of rotatable bonds is 6. The molecule has 0 aliphatic heterocycles. The maximum Gasteiger partial charge on any atom is 0.284 e. The zero-order valence-electron chi connectivity index (χ0n) is 11.2. The molecule has 0 saturated carbocycles. The Bertz CT molecular complexity index is 523. The van der Waals surface area contributed by atoms with Gasteiger partial charge in [0.1, 0.15) is 11.5 Å². The van der Waals surface area contributed by atoms with Crippen molar-refractivity contribution in [3.05, 3.63) is 24.0 Å². The second kappa shape index (κ2) is 6.35. The molecule has 2 aromatic heterocycles. The Morgan fingerprint density at radius 3 is 2.58 bits per heavy atom. The first-order valence-electron chi connectivity index (χ1n) is 6.11. The minimum absolute atomic E-state index is 0.287. The van der Waals surface area contributed by atoms with Crippen LogP contribution in [0.3, 0.4) is 0 Å². The van der Waals surface area contributed by atoms with Crippen LogP contribution in [0.1, 0.15) is 31.9 Å². The van der Waals surface area contributed by atoms with Crippen LogP contribution in [0.5, 0.6) is 0 Å². The molecule has 2 aromatic rings. The summed E-state index contributed by atoms with van der Waals surface area (Å²) in [5.41, 5.74) is 0.606. The SMILES string of the molecule is CCOC(OCC)c1nc(-c2ccnc(C)n2)no1. The lowest BCUT2D eigenvalue weighted by Gasteiger charge is -2.11. The molecule has 0 saturated heterocycles. The van der Waals surface area contributed by atoms with E-state index in [0.717, 1.165) is 0 Å². The average Bonchev–Trinajstić information content (AvgIpc) is 2.88. The third-order valence-corrected chi connectivity index (χ3v) is 2.28. The Morgan fingerprint density at radius 1 is 1.21 bits per heavy atom. The highest BCUT2D eigenvalue weighted by Crippen LogP contribution is 2.20. The van der Waals surface area contributed by atoms with E-state index in [2.05, 4.69) is 20.1 Å². The van der Waals surface area contributed by atoms with E-state index in [1.165, 1.54) is 0 Å². The summed E-state index contributed by atoms with van der Waals surface area (Å²) in [6.45, 7) is 6.53. The summed E-state index contributed by atoms with van der Waals surface area (Å²) in [5, 5.41) is 3.88. The van der Waals surface area contributed by atoms with E-state index in [9.17, 15) is 0 Å². The molecular weight excluding hydrogens is 248 g/mol. The molecule has 0 spiro atoms. The molecular formula is C12H16N4O3. The van der Waals surface area contributed by atoms with Crippen molar-refractivity contribution in [1.82, 2.24) is 20.1 Å². The van der Waals surface area contributed by atoms with Gasteiger partial charge in [0, 0.05) is 19.4 Å². The molecule has 19 heavy (non-hydrogen) atoms. The van der Waals surface area contributed by atoms with Crippen molar-refractivity contribution < 1.29 is 14.0 Å². The highest BCUT2D eigenvalue weighted by Gasteiger charge is 2.20.